The van der Waals surface area contributed by atoms with Gasteiger partial charge in [0.2, 0.25) is 0 Å². The van der Waals surface area contributed by atoms with Crippen LogP contribution in [0.25, 0.3) is 10.8 Å². The Labute approximate surface area is 187 Å². The quantitative estimate of drug-likeness (QED) is 0.178. The standard InChI is InChI=1S/C25H17BrN2O3/c26-20-12-10-19(11-13-20)25(30)31-21-14-8-17(9-15-21)16-27-28-24(29)23-7-3-5-18-4-1-2-6-22(18)23/h1-16H,(H,28,29). The normalized spacial score (nSPS) is 10.9. The maximum absolute atomic E-state index is 12.5. The lowest BCUT2D eigenvalue weighted by atomic mass is 10.0. The highest BCUT2D eigenvalue weighted by molar-refractivity contribution is 9.10. The summed E-state index contributed by atoms with van der Waals surface area (Å²) in [5, 5.41) is 5.90. The molecular formula is C25H17BrN2O3. The molecule has 6 heteroatoms. The van der Waals surface area contributed by atoms with Crippen molar-refractivity contribution in [1.29, 1.82) is 0 Å². The van der Waals surface area contributed by atoms with E-state index in [1.807, 2.05) is 36.4 Å². The fourth-order valence-electron chi connectivity index (χ4n) is 3.02. The van der Waals surface area contributed by atoms with E-state index < -0.39 is 5.97 Å². The average molecular weight is 473 g/mol. The highest BCUT2D eigenvalue weighted by Gasteiger charge is 2.09. The van der Waals surface area contributed by atoms with E-state index in [2.05, 4.69) is 26.5 Å². The number of halogens is 1. The number of hydrogen-bond donors (Lipinski definition) is 1. The molecule has 0 saturated carbocycles. The first-order chi connectivity index (χ1) is 15.1. The molecule has 31 heavy (non-hydrogen) atoms. The summed E-state index contributed by atoms with van der Waals surface area (Å²) in [5.41, 5.74) is 4.33. The molecule has 0 aliphatic rings. The highest BCUT2D eigenvalue weighted by Crippen LogP contribution is 2.18. The van der Waals surface area contributed by atoms with Gasteiger partial charge in [-0.15, -0.1) is 0 Å². The van der Waals surface area contributed by atoms with Crippen LogP contribution in [0.1, 0.15) is 26.3 Å². The summed E-state index contributed by atoms with van der Waals surface area (Å²) in [4.78, 5) is 24.7. The molecule has 4 rings (SSSR count). The van der Waals surface area contributed by atoms with Crippen LogP contribution in [0.5, 0.6) is 5.75 Å². The maximum Gasteiger partial charge on any atom is 0.343 e. The lowest BCUT2D eigenvalue weighted by molar-refractivity contribution is 0.0734. The Morgan fingerprint density at radius 2 is 1.55 bits per heavy atom. The Balaban J connectivity index is 1.38. The van der Waals surface area contributed by atoms with Crippen LogP contribution in [-0.2, 0) is 0 Å². The van der Waals surface area contributed by atoms with Gasteiger partial charge in [-0.1, -0.05) is 52.3 Å². The average Bonchev–Trinajstić information content (AvgIpc) is 2.80. The van der Waals surface area contributed by atoms with Gasteiger partial charge in [0.05, 0.1) is 11.8 Å². The number of fused-ring (bicyclic) bond motifs is 1. The number of carbonyl (C=O) groups excluding carboxylic acids is 2. The number of rotatable bonds is 5. The molecule has 0 heterocycles. The molecule has 0 aliphatic carbocycles. The first-order valence-electron chi connectivity index (χ1n) is 9.49. The van der Waals surface area contributed by atoms with Crippen molar-refractivity contribution in [2.24, 2.45) is 5.10 Å². The molecule has 0 fully saturated rings. The smallest absolute Gasteiger partial charge is 0.343 e. The molecule has 1 amide bonds. The fraction of sp³-hybridized carbons (Fsp3) is 0. The minimum Gasteiger partial charge on any atom is -0.423 e. The number of carbonyl (C=O) groups is 2. The molecule has 0 atom stereocenters. The number of esters is 1. The zero-order chi connectivity index (χ0) is 21.6. The summed E-state index contributed by atoms with van der Waals surface area (Å²) in [5.74, 6) is -0.297. The van der Waals surface area contributed by atoms with Gasteiger partial charge < -0.3 is 4.74 Å². The second kappa shape index (κ2) is 9.36. The van der Waals surface area contributed by atoms with Crippen LogP contribution in [0, 0.1) is 0 Å². The van der Waals surface area contributed by atoms with Crippen LogP contribution in [-0.4, -0.2) is 18.1 Å². The zero-order valence-corrected chi connectivity index (χ0v) is 17.9. The Morgan fingerprint density at radius 3 is 2.32 bits per heavy atom. The van der Waals surface area contributed by atoms with Crippen molar-refractivity contribution in [2.45, 2.75) is 0 Å². The molecule has 0 radical (unpaired) electrons. The number of ether oxygens (including phenoxy) is 1. The summed E-state index contributed by atoms with van der Waals surface area (Å²) in [7, 11) is 0. The Kier molecular flexibility index (Phi) is 6.19. The second-order valence-electron chi connectivity index (χ2n) is 6.69. The largest absolute Gasteiger partial charge is 0.423 e. The van der Waals surface area contributed by atoms with Crippen molar-refractivity contribution in [3.05, 3.63) is 112 Å². The van der Waals surface area contributed by atoms with Crippen molar-refractivity contribution in [1.82, 2.24) is 5.43 Å². The Bertz CT molecular complexity index is 1260. The van der Waals surface area contributed by atoms with Crippen LogP contribution < -0.4 is 10.2 Å². The third-order valence-electron chi connectivity index (χ3n) is 4.58. The lowest BCUT2D eigenvalue weighted by Crippen LogP contribution is -2.17. The van der Waals surface area contributed by atoms with Crippen LogP contribution in [0.3, 0.4) is 0 Å². The molecular weight excluding hydrogens is 456 g/mol. The van der Waals surface area contributed by atoms with Gasteiger partial charge in [0, 0.05) is 10.0 Å². The number of amides is 1. The predicted octanol–water partition coefficient (Wildman–Crippen LogP) is 5.59. The fourth-order valence-corrected chi connectivity index (χ4v) is 3.29. The number of nitrogens with zero attached hydrogens (tertiary/aromatic N) is 1. The molecule has 0 aliphatic heterocycles. The molecule has 4 aromatic carbocycles. The van der Waals surface area contributed by atoms with E-state index in [0.717, 1.165) is 20.8 Å². The highest BCUT2D eigenvalue weighted by atomic mass is 79.9. The van der Waals surface area contributed by atoms with Crippen molar-refractivity contribution < 1.29 is 14.3 Å². The van der Waals surface area contributed by atoms with Crippen molar-refractivity contribution in [3.63, 3.8) is 0 Å². The first-order valence-corrected chi connectivity index (χ1v) is 10.3. The lowest BCUT2D eigenvalue weighted by Gasteiger charge is -2.05. The Hall–Kier alpha value is -3.77. The minimum atomic E-state index is -0.434. The summed E-state index contributed by atoms with van der Waals surface area (Å²) < 4.78 is 6.26. The van der Waals surface area contributed by atoms with E-state index in [4.69, 9.17) is 4.74 Å². The zero-order valence-electron chi connectivity index (χ0n) is 16.3. The van der Waals surface area contributed by atoms with Crippen molar-refractivity contribution in [3.8, 4) is 5.75 Å². The number of hydrogen-bond acceptors (Lipinski definition) is 4. The van der Waals surface area contributed by atoms with E-state index in [1.165, 1.54) is 6.21 Å². The molecule has 0 saturated heterocycles. The van der Waals surface area contributed by atoms with Gasteiger partial charge >= 0.3 is 5.97 Å². The monoisotopic (exact) mass is 472 g/mol. The molecule has 4 aromatic rings. The number of benzene rings is 4. The molecule has 152 valence electrons. The Morgan fingerprint density at radius 1 is 0.839 bits per heavy atom. The first kappa shape index (κ1) is 20.5. The van der Waals surface area contributed by atoms with Gasteiger partial charge in [-0.05, 0) is 70.9 Å². The van der Waals surface area contributed by atoms with Crippen LogP contribution in [0.15, 0.2) is 101 Å². The molecule has 0 bridgehead atoms. The van der Waals surface area contributed by atoms with Crippen LogP contribution in [0.2, 0.25) is 0 Å². The topological polar surface area (TPSA) is 67.8 Å². The number of nitrogens with one attached hydrogen (secondary N) is 1. The number of hydrazone groups is 1. The van der Waals surface area contributed by atoms with Gasteiger partial charge in [0.15, 0.2) is 0 Å². The molecule has 0 spiro atoms. The molecule has 1 N–H and O–H groups in total. The summed E-state index contributed by atoms with van der Waals surface area (Å²) >= 11 is 3.33. The van der Waals surface area contributed by atoms with E-state index in [1.54, 1.807) is 54.6 Å². The van der Waals surface area contributed by atoms with Gasteiger partial charge in [-0.25, -0.2) is 10.2 Å². The maximum atomic E-state index is 12.5. The predicted molar refractivity (Wildman–Crippen MR) is 125 cm³/mol. The molecule has 0 unspecified atom stereocenters. The molecule has 0 aromatic heterocycles. The van der Waals surface area contributed by atoms with E-state index in [9.17, 15) is 9.59 Å². The summed E-state index contributed by atoms with van der Waals surface area (Å²) in [6.07, 6.45) is 1.53. The van der Waals surface area contributed by atoms with Gasteiger partial charge in [-0.2, -0.15) is 5.10 Å². The third-order valence-corrected chi connectivity index (χ3v) is 5.11. The SMILES string of the molecule is O=C(Oc1ccc(C=NNC(=O)c2cccc3ccccc23)cc1)c1ccc(Br)cc1. The van der Waals surface area contributed by atoms with Crippen LogP contribution in [0.4, 0.5) is 0 Å². The van der Waals surface area contributed by atoms with E-state index >= 15 is 0 Å². The minimum absolute atomic E-state index is 0.284. The second-order valence-corrected chi connectivity index (χ2v) is 7.61. The van der Waals surface area contributed by atoms with E-state index in [-0.39, 0.29) is 5.91 Å². The van der Waals surface area contributed by atoms with E-state index in [0.29, 0.717) is 16.9 Å². The third kappa shape index (κ3) is 5.05. The van der Waals surface area contributed by atoms with Crippen molar-refractivity contribution >= 4 is 44.8 Å². The van der Waals surface area contributed by atoms with Gasteiger partial charge in [0.1, 0.15) is 5.75 Å². The van der Waals surface area contributed by atoms with Gasteiger partial charge in [-0.3, -0.25) is 4.79 Å². The van der Waals surface area contributed by atoms with Crippen molar-refractivity contribution in [2.75, 3.05) is 0 Å². The van der Waals surface area contributed by atoms with Crippen LogP contribution >= 0.6 is 15.9 Å². The summed E-state index contributed by atoms with van der Waals surface area (Å²) in [6, 6.07) is 27.0. The molecule has 5 nitrogen and oxygen atoms in total. The van der Waals surface area contributed by atoms with Gasteiger partial charge in [0.25, 0.3) is 5.91 Å². The summed E-state index contributed by atoms with van der Waals surface area (Å²) in [6.45, 7) is 0.